The zero-order chi connectivity index (χ0) is 24.4. The predicted molar refractivity (Wildman–Crippen MR) is 130 cm³/mol. The van der Waals surface area contributed by atoms with E-state index in [1.165, 1.54) is 14.2 Å². The molecule has 0 saturated carbocycles. The number of aromatic nitrogens is 1. The van der Waals surface area contributed by atoms with Crippen LogP contribution in [0.4, 0.5) is 5.69 Å². The van der Waals surface area contributed by atoms with E-state index in [0.717, 1.165) is 16.8 Å². The van der Waals surface area contributed by atoms with Gasteiger partial charge >= 0.3 is 11.9 Å². The van der Waals surface area contributed by atoms with Gasteiger partial charge in [-0.1, -0.05) is 54.6 Å². The highest BCUT2D eigenvalue weighted by molar-refractivity contribution is 6.20. The summed E-state index contributed by atoms with van der Waals surface area (Å²) in [6, 6.07) is 20.4. The Morgan fingerprint density at radius 3 is 1.94 bits per heavy atom. The fourth-order valence-corrected chi connectivity index (χ4v) is 3.94. The quantitative estimate of drug-likeness (QED) is 0.315. The molecule has 0 atom stereocenters. The number of hydrogen-bond donors (Lipinski definition) is 0. The minimum Gasteiger partial charge on any atom is -0.465 e. The molecule has 4 rings (SSSR count). The lowest BCUT2D eigenvalue weighted by atomic mass is 9.99. The second-order valence-electron chi connectivity index (χ2n) is 7.89. The van der Waals surface area contributed by atoms with E-state index in [2.05, 4.69) is 0 Å². The van der Waals surface area contributed by atoms with E-state index in [1.807, 2.05) is 61.5 Å². The molecule has 7 nitrogen and oxygen atoms in total. The van der Waals surface area contributed by atoms with Crippen molar-refractivity contribution in [3.05, 3.63) is 95.3 Å². The first-order chi connectivity index (χ1) is 16.4. The molecule has 0 radical (unpaired) electrons. The smallest absolute Gasteiger partial charge is 0.341 e. The summed E-state index contributed by atoms with van der Waals surface area (Å²) in [5.74, 6) is -1.94. The van der Waals surface area contributed by atoms with E-state index in [0.29, 0.717) is 11.1 Å². The van der Waals surface area contributed by atoms with Crippen LogP contribution in [0.5, 0.6) is 0 Å². The Morgan fingerprint density at radius 1 is 0.765 bits per heavy atom. The molecule has 0 spiro atoms. The van der Waals surface area contributed by atoms with Gasteiger partial charge in [0, 0.05) is 31.5 Å². The Balaban J connectivity index is 1.92. The van der Waals surface area contributed by atoms with Crippen LogP contribution in [0, 0.1) is 0 Å². The third-order valence-corrected chi connectivity index (χ3v) is 5.69. The summed E-state index contributed by atoms with van der Waals surface area (Å²) < 4.78 is 11.5. The Morgan fingerprint density at radius 2 is 1.35 bits per heavy atom. The maximum atomic E-state index is 13.7. The molecule has 0 saturated heterocycles. The number of carbonyl (C=O) groups is 3. The highest BCUT2D eigenvalue weighted by atomic mass is 16.5. The fourth-order valence-electron chi connectivity index (χ4n) is 3.94. The minimum absolute atomic E-state index is 0.0118. The number of nitrogens with zero attached hydrogens (tertiary/aromatic N) is 2. The molecular formula is C27H24N2O5. The maximum Gasteiger partial charge on any atom is 0.341 e. The van der Waals surface area contributed by atoms with Crippen molar-refractivity contribution < 1.29 is 23.9 Å². The van der Waals surface area contributed by atoms with Crippen molar-refractivity contribution in [2.75, 3.05) is 33.2 Å². The standard InChI is InChI=1S/C27H24N2O5/c1-28(2)20-14-15-29-21(16-20)22(26(31)33-3)23(27(32)34-4)24(29)25(30)19-12-10-18(11-13-19)17-8-6-5-7-9-17/h5-16H,1-4H3. The largest absolute Gasteiger partial charge is 0.465 e. The van der Waals surface area contributed by atoms with E-state index in [1.54, 1.807) is 34.9 Å². The van der Waals surface area contributed by atoms with E-state index >= 15 is 0 Å². The Kier molecular flexibility index (Phi) is 6.19. The van der Waals surface area contributed by atoms with E-state index in [-0.39, 0.29) is 16.8 Å². The number of benzene rings is 2. The number of fused-ring (bicyclic) bond motifs is 1. The van der Waals surface area contributed by atoms with Crippen LogP contribution < -0.4 is 4.90 Å². The van der Waals surface area contributed by atoms with Gasteiger partial charge in [0.1, 0.15) is 16.8 Å². The molecule has 4 aromatic rings. The SMILES string of the molecule is COC(=O)c1c(C(=O)OC)c2cc(N(C)C)ccn2c1C(=O)c1ccc(-c2ccccc2)cc1. The lowest BCUT2D eigenvalue weighted by molar-refractivity contribution is 0.0556. The monoisotopic (exact) mass is 456 g/mol. The molecule has 2 heterocycles. The van der Waals surface area contributed by atoms with Crippen LogP contribution in [-0.2, 0) is 9.47 Å². The van der Waals surface area contributed by atoms with Gasteiger partial charge in [0.05, 0.1) is 19.7 Å². The molecule has 0 fully saturated rings. The van der Waals surface area contributed by atoms with Gasteiger partial charge in [0.2, 0.25) is 5.78 Å². The highest BCUT2D eigenvalue weighted by Crippen LogP contribution is 2.30. The Labute approximate surface area is 197 Å². The van der Waals surface area contributed by atoms with Crippen molar-refractivity contribution in [3.8, 4) is 11.1 Å². The molecule has 2 aromatic heterocycles. The average Bonchev–Trinajstić information content (AvgIpc) is 3.22. The predicted octanol–water partition coefficient (Wildman–Crippen LogP) is 4.48. The number of anilines is 1. The van der Waals surface area contributed by atoms with Crippen LogP contribution in [0.1, 0.15) is 36.8 Å². The third kappa shape index (κ3) is 3.92. The molecule has 0 aliphatic carbocycles. The van der Waals surface area contributed by atoms with Crippen molar-refractivity contribution in [2.24, 2.45) is 0 Å². The average molecular weight is 456 g/mol. The number of rotatable bonds is 6. The number of ether oxygens (including phenoxy) is 2. The Hall–Kier alpha value is -4.39. The lowest BCUT2D eigenvalue weighted by Gasteiger charge is -2.13. The first-order valence-corrected chi connectivity index (χ1v) is 10.6. The molecule has 172 valence electrons. The number of methoxy groups -OCH3 is 2. The second-order valence-corrected chi connectivity index (χ2v) is 7.89. The van der Waals surface area contributed by atoms with Crippen molar-refractivity contribution in [1.82, 2.24) is 4.40 Å². The van der Waals surface area contributed by atoms with Gasteiger partial charge in [-0.15, -0.1) is 0 Å². The van der Waals surface area contributed by atoms with Gasteiger partial charge in [0.15, 0.2) is 0 Å². The molecule has 0 amide bonds. The fraction of sp³-hybridized carbons (Fsp3) is 0.148. The van der Waals surface area contributed by atoms with Crippen molar-refractivity contribution in [1.29, 1.82) is 0 Å². The Bertz CT molecular complexity index is 1390. The summed E-state index contributed by atoms with van der Waals surface area (Å²) in [5, 5.41) is 0. The molecule has 0 unspecified atom stereocenters. The molecule has 0 aliphatic heterocycles. The number of ketones is 1. The van der Waals surface area contributed by atoms with Gasteiger partial charge in [-0.2, -0.15) is 0 Å². The molecule has 0 N–H and O–H groups in total. The van der Waals surface area contributed by atoms with E-state index < -0.39 is 17.7 Å². The van der Waals surface area contributed by atoms with Crippen LogP contribution in [0.2, 0.25) is 0 Å². The summed E-state index contributed by atoms with van der Waals surface area (Å²) in [4.78, 5) is 41.1. The number of esters is 2. The maximum absolute atomic E-state index is 13.7. The molecule has 2 aromatic carbocycles. The van der Waals surface area contributed by atoms with Gasteiger partial charge in [-0.25, -0.2) is 9.59 Å². The van der Waals surface area contributed by atoms with Gasteiger partial charge in [-0.05, 0) is 23.3 Å². The van der Waals surface area contributed by atoms with Crippen molar-refractivity contribution >= 4 is 28.9 Å². The second kappa shape index (κ2) is 9.23. The van der Waals surface area contributed by atoms with Crippen LogP contribution in [0.25, 0.3) is 16.6 Å². The summed E-state index contributed by atoms with van der Waals surface area (Å²) >= 11 is 0. The van der Waals surface area contributed by atoms with Crippen LogP contribution in [0.15, 0.2) is 72.9 Å². The molecule has 0 bridgehead atoms. The van der Waals surface area contributed by atoms with Crippen LogP contribution >= 0.6 is 0 Å². The number of hydrogen-bond acceptors (Lipinski definition) is 6. The summed E-state index contributed by atoms with van der Waals surface area (Å²) in [7, 11) is 6.15. The molecular weight excluding hydrogens is 432 g/mol. The normalized spacial score (nSPS) is 10.7. The van der Waals surface area contributed by atoms with Crippen LogP contribution in [-0.4, -0.2) is 50.4 Å². The molecule has 0 aliphatic rings. The van der Waals surface area contributed by atoms with E-state index in [4.69, 9.17) is 9.47 Å². The number of carbonyl (C=O) groups excluding carboxylic acids is 3. The topological polar surface area (TPSA) is 77.3 Å². The zero-order valence-corrected chi connectivity index (χ0v) is 19.4. The minimum atomic E-state index is -0.792. The lowest BCUT2D eigenvalue weighted by Crippen LogP contribution is -2.15. The highest BCUT2D eigenvalue weighted by Gasteiger charge is 2.33. The summed E-state index contributed by atoms with van der Waals surface area (Å²) in [6.45, 7) is 0. The van der Waals surface area contributed by atoms with Crippen LogP contribution in [0.3, 0.4) is 0 Å². The summed E-state index contributed by atoms with van der Waals surface area (Å²) in [6.07, 6.45) is 1.66. The first kappa shape index (κ1) is 22.8. The van der Waals surface area contributed by atoms with Crippen molar-refractivity contribution in [3.63, 3.8) is 0 Å². The first-order valence-electron chi connectivity index (χ1n) is 10.6. The molecule has 7 heteroatoms. The number of pyridine rings is 1. The van der Waals surface area contributed by atoms with Crippen molar-refractivity contribution in [2.45, 2.75) is 0 Å². The third-order valence-electron chi connectivity index (χ3n) is 5.69. The van der Waals surface area contributed by atoms with Gasteiger partial charge < -0.3 is 18.8 Å². The van der Waals surface area contributed by atoms with Gasteiger partial charge in [0.25, 0.3) is 0 Å². The summed E-state index contributed by atoms with van der Waals surface area (Å²) in [5.41, 5.74) is 3.42. The van der Waals surface area contributed by atoms with E-state index in [9.17, 15) is 14.4 Å². The molecule has 34 heavy (non-hydrogen) atoms. The zero-order valence-electron chi connectivity index (χ0n) is 19.4. The van der Waals surface area contributed by atoms with Gasteiger partial charge in [-0.3, -0.25) is 4.79 Å².